The molecule has 0 aliphatic carbocycles. The molecule has 0 saturated carbocycles. The number of halogens is 1. The van der Waals surface area contributed by atoms with Crippen LogP contribution in [0.4, 0.5) is 4.39 Å². The van der Waals surface area contributed by atoms with Gasteiger partial charge in [0.05, 0.1) is 12.5 Å². The smallest absolute Gasteiger partial charge is 0.226 e. The van der Waals surface area contributed by atoms with Gasteiger partial charge in [-0.15, -0.1) is 0 Å². The molecule has 23 heavy (non-hydrogen) atoms. The molecule has 1 aliphatic rings. The summed E-state index contributed by atoms with van der Waals surface area (Å²) in [6, 6.07) is 1.78. The minimum absolute atomic E-state index is 0.316. The van der Waals surface area contributed by atoms with Crippen LogP contribution in [-0.2, 0) is 10.4 Å². The molecule has 4 heterocycles. The quantitative estimate of drug-likeness (QED) is 0.727. The third kappa shape index (κ3) is 2.15. The van der Waals surface area contributed by atoms with E-state index < -0.39 is 5.67 Å². The summed E-state index contributed by atoms with van der Waals surface area (Å²) < 4.78 is 28.0. The average molecular weight is 316 g/mol. The van der Waals surface area contributed by atoms with Gasteiger partial charge in [0.15, 0.2) is 5.65 Å². The van der Waals surface area contributed by atoms with Gasteiger partial charge in [0.1, 0.15) is 17.1 Å². The minimum Gasteiger partial charge on any atom is -0.480 e. The Morgan fingerprint density at radius 1 is 1.26 bits per heavy atom. The number of alkyl halides is 1. The molecule has 7 heteroatoms. The van der Waals surface area contributed by atoms with Crippen LogP contribution in [-0.4, -0.2) is 39.7 Å². The van der Waals surface area contributed by atoms with E-state index in [0.717, 1.165) is 0 Å². The number of aryl methyl sites for hydroxylation is 1. The highest BCUT2D eigenvalue weighted by atomic mass is 19.1. The number of ether oxygens (including phenoxy) is 2. The molecule has 6 nitrogen and oxygen atoms in total. The molecule has 0 radical (unpaired) electrons. The first-order valence-corrected chi connectivity index (χ1v) is 7.58. The van der Waals surface area contributed by atoms with Gasteiger partial charge in [0.2, 0.25) is 5.88 Å². The van der Waals surface area contributed by atoms with Gasteiger partial charge in [-0.2, -0.15) is 4.98 Å². The van der Waals surface area contributed by atoms with Crippen LogP contribution in [0.2, 0.25) is 0 Å². The van der Waals surface area contributed by atoms with E-state index in [0.29, 0.717) is 60.0 Å². The van der Waals surface area contributed by atoms with Crippen molar-refractivity contribution in [3.63, 3.8) is 0 Å². The third-order valence-electron chi connectivity index (χ3n) is 4.36. The number of pyridine rings is 1. The van der Waals surface area contributed by atoms with Crippen LogP contribution in [0.1, 0.15) is 24.2 Å². The Bertz CT molecular complexity index is 887. The first kappa shape index (κ1) is 14.3. The van der Waals surface area contributed by atoms with Gasteiger partial charge >= 0.3 is 0 Å². The Kier molecular flexibility index (Phi) is 3.19. The van der Waals surface area contributed by atoms with E-state index in [2.05, 4.69) is 15.0 Å². The molecular weight excluding hydrogens is 299 g/mol. The zero-order chi connectivity index (χ0) is 16.0. The lowest BCUT2D eigenvalue weighted by molar-refractivity contribution is -0.0108. The summed E-state index contributed by atoms with van der Waals surface area (Å²) in [5.41, 5.74) is 0.335. The lowest BCUT2D eigenvalue weighted by Crippen LogP contribution is -2.30. The first-order valence-electron chi connectivity index (χ1n) is 7.58. The first-order chi connectivity index (χ1) is 11.1. The van der Waals surface area contributed by atoms with Gasteiger partial charge in [-0.3, -0.25) is 4.40 Å². The number of rotatable bonds is 2. The fourth-order valence-corrected chi connectivity index (χ4v) is 3.18. The Labute approximate surface area is 132 Å². The zero-order valence-corrected chi connectivity index (χ0v) is 13.0. The lowest BCUT2D eigenvalue weighted by Gasteiger charge is -2.30. The van der Waals surface area contributed by atoms with Crippen molar-refractivity contribution in [3.8, 4) is 5.88 Å². The van der Waals surface area contributed by atoms with Crippen molar-refractivity contribution in [3.05, 3.63) is 29.8 Å². The maximum Gasteiger partial charge on any atom is 0.226 e. The number of hydrogen-bond acceptors (Lipinski definition) is 5. The summed E-state index contributed by atoms with van der Waals surface area (Å²) in [6.07, 6.45) is 4.08. The number of methoxy groups -OCH3 is 1. The SMILES string of the molecule is COc1nc(C)nc2c1cc(C1(F)CCOCC1)c1nccn12. The highest BCUT2D eigenvalue weighted by Crippen LogP contribution is 2.40. The molecule has 1 saturated heterocycles. The molecule has 0 aromatic carbocycles. The van der Waals surface area contributed by atoms with Crippen molar-refractivity contribution in [1.29, 1.82) is 0 Å². The van der Waals surface area contributed by atoms with Gasteiger partial charge in [-0.05, 0) is 13.0 Å². The number of imidazole rings is 1. The minimum atomic E-state index is -1.46. The second kappa shape index (κ2) is 5.13. The maximum absolute atomic E-state index is 15.5. The lowest BCUT2D eigenvalue weighted by atomic mass is 9.88. The molecule has 3 aromatic heterocycles. The Morgan fingerprint density at radius 2 is 2.04 bits per heavy atom. The van der Waals surface area contributed by atoms with Gasteiger partial charge in [-0.25, -0.2) is 14.4 Å². The van der Waals surface area contributed by atoms with Gasteiger partial charge in [-0.1, -0.05) is 0 Å². The largest absolute Gasteiger partial charge is 0.480 e. The fourth-order valence-electron chi connectivity index (χ4n) is 3.18. The second-order valence-corrected chi connectivity index (χ2v) is 5.77. The molecule has 3 aromatic rings. The number of aromatic nitrogens is 4. The van der Waals surface area contributed by atoms with Crippen LogP contribution in [0.25, 0.3) is 16.7 Å². The summed E-state index contributed by atoms with van der Waals surface area (Å²) in [7, 11) is 1.55. The third-order valence-corrected chi connectivity index (χ3v) is 4.36. The second-order valence-electron chi connectivity index (χ2n) is 5.77. The van der Waals surface area contributed by atoms with E-state index >= 15 is 4.39 Å². The maximum atomic E-state index is 15.5. The Morgan fingerprint density at radius 3 is 2.78 bits per heavy atom. The molecule has 1 aliphatic heterocycles. The summed E-state index contributed by atoms with van der Waals surface area (Å²) in [5, 5.41) is 0.683. The monoisotopic (exact) mass is 316 g/mol. The molecule has 0 N–H and O–H groups in total. The topological polar surface area (TPSA) is 61.5 Å². The van der Waals surface area contributed by atoms with Crippen LogP contribution >= 0.6 is 0 Å². The molecule has 0 atom stereocenters. The van der Waals surface area contributed by atoms with E-state index in [4.69, 9.17) is 9.47 Å². The van der Waals surface area contributed by atoms with Crippen LogP contribution in [0.3, 0.4) is 0 Å². The summed E-state index contributed by atoms with van der Waals surface area (Å²) in [6.45, 7) is 2.61. The zero-order valence-electron chi connectivity index (χ0n) is 13.0. The van der Waals surface area contributed by atoms with Crippen molar-refractivity contribution >= 4 is 16.7 Å². The molecule has 120 valence electrons. The molecule has 0 amide bonds. The van der Waals surface area contributed by atoms with Crippen molar-refractivity contribution in [2.24, 2.45) is 0 Å². The van der Waals surface area contributed by atoms with E-state index in [1.165, 1.54) is 0 Å². The predicted molar refractivity (Wildman–Crippen MR) is 82.4 cm³/mol. The molecule has 0 bridgehead atoms. The van der Waals surface area contributed by atoms with Crippen LogP contribution < -0.4 is 4.74 Å². The summed E-state index contributed by atoms with van der Waals surface area (Å²) >= 11 is 0. The molecule has 4 rings (SSSR count). The Hall–Kier alpha value is -2.28. The van der Waals surface area contributed by atoms with Gasteiger partial charge in [0.25, 0.3) is 0 Å². The standard InChI is InChI=1S/C16H17FN4O2/c1-10-19-13-11(15(20-10)22-2)9-12(14-18-5-6-21(13)14)16(17)3-7-23-8-4-16/h5-6,9H,3-4,7-8H2,1-2H3. The van der Waals surface area contributed by atoms with E-state index in [1.807, 2.05) is 0 Å². The molecule has 0 unspecified atom stereocenters. The van der Waals surface area contributed by atoms with Gasteiger partial charge < -0.3 is 9.47 Å². The van der Waals surface area contributed by atoms with Crippen LogP contribution in [0.15, 0.2) is 18.5 Å². The summed E-state index contributed by atoms with van der Waals surface area (Å²) in [4.78, 5) is 13.1. The predicted octanol–water partition coefficient (Wildman–Crippen LogP) is 2.57. The number of nitrogens with zero attached hydrogens (tertiary/aromatic N) is 4. The van der Waals surface area contributed by atoms with Gasteiger partial charge in [0, 0.05) is 44.0 Å². The fraction of sp³-hybridized carbons (Fsp3) is 0.438. The van der Waals surface area contributed by atoms with E-state index in [-0.39, 0.29) is 0 Å². The van der Waals surface area contributed by atoms with Crippen molar-refractivity contribution in [2.75, 3.05) is 20.3 Å². The summed E-state index contributed by atoms with van der Waals surface area (Å²) in [5.74, 6) is 1.04. The molecule has 1 fully saturated rings. The highest BCUT2D eigenvalue weighted by molar-refractivity contribution is 5.85. The number of fused-ring (bicyclic) bond motifs is 3. The van der Waals surface area contributed by atoms with Crippen molar-refractivity contribution < 1.29 is 13.9 Å². The molecule has 0 spiro atoms. The van der Waals surface area contributed by atoms with Crippen molar-refractivity contribution in [1.82, 2.24) is 19.4 Å². The number of hydrogen-bond donors (Lipinski definition) is 0. The van der Waals surface area contributed by atoms with E-state index in [9.17, 15) is 0 Å². The van der Waals surface area contributed by atoms with Crippen molar-refractivity contribution in [2.45, 2.75) is 25.4 Å². The van der Waals surface area contributed by atoms with Crippen LogP contribution in [0.5, 0.6) is 5.88 Å². The molecular formula is C16H17FN4O2. The Balaban J connectivity index is 2.07. The van der Waals surface area contributed by atoms with E-state index in [1.54, 1.807) is 36.9 Å². The average Bonchev–Trinajstić information content (AvgIpc) is 3.04. The highest BCUT2D eigenvalue weighted by Gasteiger charge is 2.37. The van der Waals surface area contributed by atoms with Crippen LogP contribution in [0, 0.1) is 6.92 Å². The normalized spacial score (nSPS) is 17.7.